The van der Waals surface area contributed by atoms with Crippen LogP contribution in [-0.2, 0) is 6.61 Å². The number of aliphatic hydroxyl groups excluding tert-OH is 1. The van der Waals surface area contributed by atoms with Crippen LogP contribution >= 0.6 is 0 Å². The Balaban J connectivity index is 2.67. The van der Waals surface area contributed by atoms with Gasteiger partial charge in [0, 0.05) is 17.8 Å². The molecule has 0 saturated heterocycles. The SMILES string of the molecule is OCc1cnc2ncccc2c1. The molecule has 0 aromatic carbocycles. The Morgan fingerprint density at radius 1 is 1.33 bits per heavy atom. The van der Waals surface area contributed by atoms with E-state index in [1.165, 1.54) is 0 Å². The van der Waals surface area contributed by atoms with E-state index in [1.807, 2.05) is 18.2 Å². The fourth-order valence-corrected chi connectivity index (χ4v) is 1.10. The molecule has 0 spiro atoms. The zero-order chi connectivity index (χ0) is 8.39. The number of pyridine rings is 2. The van der Waals surface area contributed by atoms with E-state index in [-0.39, 0.29) is 6.61 Å². The van der Waals surface area contributed by atoms with Gasteiger partial charge in [0.15, 0.2) is 5.65 Å². The largest absolute Gasteiger partial charge is 0.392 e. The summed E-state index contributed by atoms with van der Waals surface area (Å²) in [6, 6.07) is 5.66. The van der Waals surface area contributed by atoms with Crippen LogP contribution in [0, 0.1) is 0 Å². The average Bonchev–Trinajstić information content (AvgIpc) is 2.17. The first kappa shape index (κ1) is 7.18. The van der Waals surface area contributed by atoms with Crippen LogP contribution in [0.1, 0.15) is 5.56 Å². The second-order valence-electron chi connectivity index (χ2n) is 2.55. The number of hydrogen-bond donors (Lipinski definition) is 1. The predicted octanol–water partition coefficient (Wildman–Crippen LogP) is 1.12. The number of hydrogen-bond acceptors (Lipinski definition) is 3. The normalized spacial score (nSPS) is 10.4. The number of aliphatic hydroxyl groups is 1. The third-order valence-electron chi connectivity index (χ3n) is 1.69. The minimum absolute atomic E-state index is 0.0256. The van der Waals surface area contributed by atoms with Gasteiger partial charge in [-0.15, -0.1) is 0 Å². The summed E-state index contributed by atoms with van der Waals surface area (Å²) in [5.41, 5.74) is 1.53. The summed E-state index contributed by atoms with van der Waals surface area (Å²) in [5.74, 6) is 0. The monoisotopic (exact) mass is 160 g/mol. The molecule has 0 atom stereocenters. The third-order valence-corrected chi connectivity index (χ3v) is 1.69. The molecule has 2 heterocycles. The molecule has 0 aliphatic carbocycles. The van der Waals surface area contributed by atoms with Gasteiger partial charge in [0.2, 0.25) is 0 Å². The van der Waals surface area contributed by atoms with E-state index in [1.54, 1.807) is 12.4 Å². The first-order valence-corrected chi connectivity index (χ1v) is 3.70. The van der Waals surface area contributed by atoms with Gasteiger partial charge in [-0.05, 0) is 23.8 Å². The quantitative estimate of drug-likeness (QED) is 0.680. The molecule has 0 aliphatic rings. The molecule has 3 nitrogen and oxygen atoms in total. The summed E-state index contributed by atoms with van der Waals surface area (Å²) in [6.45, 7) is 0.0256. The second kappa shape index (κ2) is 2.87. The van der Waals surface area contributed by atoms with Gasteiger partial charge >= 0.3 is 0 Å². The lowest BCUT2D eigenvalue weighted by atomic mass is 10.2. The van der Waals surface area contributed by atoms with Crippen molar-refractivity contribution in [3.05, 3.63) is 36.2 Å². The van der Waals surface area contributed by atoms with Crippen molar-refractivity contribution in [1.82, 2.24) is 9.97 Å². The van der Waals surface area contributed by atoms with Crippen LogP contribution in [0.4, 0.5) is 0 Å². The van der Waals surface area contributed by atoms with E-state index in [0.29, 0.717) is 0 Å². The highest BCUT2D eigenvalue weighted by Crippen LogP contribution is 2.09. The molecular weight excluding hydrogens is 152 g/mol. The van der Waals surface area contributed by atoms with Crippen molar-refractivity contribution >= 4 is 11.0 Å². The highest BCUT2D eigenvalue weighted by Gasteiger charge is 1.95. The summed E-state index contributed by atoms with van der Waals surface area (Å²) >= 11 is 0. The molecule has 0 aliphatic heterocycles. The molecule has 0 fully saturated rings. The van der Waals surface area contributed by atoms with E-state index in [4.69, 9.17) is 5.11 Å². The lowest BCUT2D eigenvalue weighted by Gasteiger charge is -1.97. The third kappa shape index (κ3) is 1.14. The minimum atomic E-state index is 0.0256. The van der Waals surface area contributed by atoms with Gasteiger partial charge in [-0.2, -0.15) is 0 Å². The molecule has 2 rings (SSSR count). The van der Waals surface area contributed by atoms with Crippen LogP contribution in [0.25, 0.3) is 11.0 Å². The molecule has 60 valence electrons. The molecule has 0 radical (unpaired) electrons. The first-order valence-electron chi connectivity index (χ1n) is 3.70. The highest BCUT2D eigenvalue weighted by atomic mass is 16.3. The van der Waals surface area contributed by atoms with E-state index < -0.39 is 0 Å². The van der Waals surface area contributed by atoms with Crippen molar-refractivity contribution < 1.29 is 5.11 Å². The lowest BCUT2D eigenvalue weighted by Crippen LogP contribution is -1.87. The van der Waals surface area contributed by atoms with Crippen LogP contribution in [0.5, 0.6) is 0 Å². The van der Waals surface area contributed by atoms with E-state index in [2.05, 4.69) is 9.97 Å². The standard InChI is InChI=1S/C9H8N2O/c12-6-7-4-8-2-1-3-10-9(8)11-5-7/h1-5,12H,6H2. The predicted molar refractivity (Wildman–Crippen MR) is 45.5 cm³/mol. The Kier molecular flexibility index (Phi) is 1.72. The van der Waals surface area contributed by atoms with Crippen LogP contribution in [-0.4, -0.2) is 15.1 Å². The number of rotatable bonds is 1. The molecule has 0 amide bonds. The topological polar surface area (TPSA) is 46.0 Å². The number of fused-ring (bicyclic) bond motifs is 1. The Morgan fingerprint density at radius 2 is 2.25 bits per heavy atom. The zero-order valence-electron chi connectivity index (χ0n) is 6.44. The Hall–Kier alpha value is -1.48. The molecule has 0 saturated carbocycles. The van der Waals surface area contributed by atoms with Crippen LogP contribution in [0.2, 0.25) is 0 Å². The Bertz CT molecular complexity index is 400. The number of nitrogens with zero attached hydrogens (tertiary/aromatic N) is 2. The van der Waals surface area contributed by atoms with Gasteiger partial charge in [-0.25, -0.2) is 9.97 Å². The molecule has 3 heteroatoms. The molecule has 12 heavy (non-hydrogen) atoms. The van der Waals surface area contributed by atoms with Crippen molar-refractivity contribution in [2.75, 3.05) is 0 Å². The molecule has 2 aromatic heterocycles. The summed E-state index contributed by atoms with van der Waals surface area (Å²) in [7, 11) is 0. The van der Waals surface area contributed by atoms with Gasteiger partial charge in [-0.3, -0.25) is 0 Å². The highest BCUT2D eigenvalue weighted by molar-refractivity contribution is 5.74. The fourth-order valence-electron chi connectivity index (χ4n) is 1.10. The van der Waals surface area contributed by atoms with E-state index >= 15 is 0 Å². The fraction of sp³-hybridized carbons (Fsp3) is 0.111. The molecular formula is C9H8N2O. The number of aromatic nitrogens is 2. The van der Waals surface area contributed by atoms with Crippen molar-refractivity contribution in [1.29, 1.82) is 0 Å². The second-order valence-corrected chi connectivity index (χ2v) is 2.55. The van der Waals surface area contributed by atoms with Crippen molar-refractivity contribution in [2.24, 2.45) is 0 Å². The van der Waals surface area contributed by atoms with Gasteiger partial charge < -0.3 is 5.11 Å². The zero-order valence-corrected chi connectivity index (χ0v) is 6.44. The van der Waals surface area contributed by atoms with Crippen LogP contribution in [0.3, 0.4) is 0 Å². The first-order chi connectivity index (χ1) is 5.90. The van der Waals surface area contributed by atoms with Gasteiger partial charge in [-0.1, -0.05) is 0 Å². The Labute approximate surface area is 69.7 Å². The van der Waals surface area contributed by atoms with E-state index in [0.717, 1.165) is 16.6 Å². The van der Waals surface area contributed by atoms with Gasteiger partial charge in [0.25, 0.3) is 0 Å². The maximum Gasteiger partial charge on any atom is 0.159 e. The minimum Gasteiger partial charge on any atom is -0.392 e. The maximum absolute atomic E-state index is 8.84. The van der Waals surface area contributed by atoms with Crippen molar-refractivity contribution in [3.63, 3.8) is 0 Å². The summed E-state index contributed by atoms with van der Waals surface area (Å²) in [6.07, 6.45) is 3.34. The average molecular weight is 160 g/mol. The van der Waals surface area contributed by atoms with Gasteiger partial charge in [0.1, 0.15) is 0 Å². The van der Waals surface area contributed by atoms with E-state index in [9.17, 15) is 0 Å². The van der Waals surface area contributed by atoms with Crippen molar-refractivity contribution in [3.8, 4) is 0 Å². The summed E-state index contributed by atoms with van der Waals surface area (Å²) < 4.78 is 0. The lowest BCUT2D eigenvalue weighted by molar-refractivity contribution is 0.281. The smallest absolute Gasteiger partial charge is 0.159 e. The maximum atomic E-state index is 8.84. The van der Waals surface area contributed by atoms with Crippen LogP contribution < -0.4 is 0 Å². The van der Waals surface area contributed by atoms with Crippen molar-refractivity contribution in [2.45, 2.75) is 6.61 Å². The van der Waals surface area contributed by atoms with Gasteiger partial charge in [0.05, 0.1) is 6.61 Å². The van der Waals surface area contributed by atoms with Crippen LogP contribution in [0.15, 0.2) is 30.6 Å². The Morgan fingerprint density at radius 3 is 3.08 bits per heavy atom. The summed E-state index contributed by atoms with van der Waals surface area (Å²) in [5, 5.41) is 9.80. The molecule has 0 unspecified atom stereocenters. The molecule has 0 bridgehead atoms. The molecule has 2 aromatic rings. The molecule has 1 N–H and O–H groups in total. The summed E-state index contributed by atoms with van der Waals surface area (Å²) in [4.78, 5) is 8.14.